The van der Waals surface area contributed by atoms with Gasteiger partial charge in [-0.05, 0) is 30.5 Å². The van der Waals surface area contributed by atoms with Crippen molar-refractivity contribution in [3.05, 3.63) is 70.2 Å². The lowest BCUT2D eigenvalue weighted by Gasteiger charge is -2.02. The summed E-state index contributed by atoms with van der Waals surface area (Å²) in [6, 6.07) is 14.8. The zero-order chi connectivity index (χ0) is 13.9. The number of oxime groups is 1. The second kappa shape index (κ2) is 5.47. The molecule has 0 fully saturated rings. The number of benzene rings is 2. The van der Waals surface area contributed by atoms with E-state index in [0.717, 1.165) is 24.1 Å². The maximum atomic E-state index is 11.9. The zero-order valence-electron chi connectivity index (χ0n) is 10.7. The van der Waals surface area contributed by atoms with Crippen LogP contribution in [0.1, 0.15) is 27.9 Å². The van der Waals surface area contributed by atoms with E-state index in [1.807, 2.05) is 18.2 Å². The fourth-order valence-electron chi connectivity index (χ4n) is 2.27. The van der Waals surface area contributed by atoms with E-state index in [0.29, 0.717) is 10.6 Å². The number of hydrogen-bond acceptors (Lipinski definition) is 3. The Bertz CT molecular complexity index is 694. The molecule has 2 aromatic carbocycles. The molecule has 0 bridgehead atoms. The van der Waals surface area contributed by atoms with Crippen molar-refractivity contribution < 1.29 is 9.63 Å². The Morgan fingerprint density at radius 2 is 1.80 bits per heavy atom. The number of halogens is 1. The lowest BCUT2D eigenvalue weighted by molar-refractivity contribution is 0.0516. The highest BCUT2D eigenvalue weighted by Gasteiger charge is 2.18. The Kier molecular flexibility index (Phi) is 3.52. The Labute approximate surface area is 121 Å². The van der Waals surface area contributed by atoms with Crippen LogP contribution in [0.4, 0.5) is 0 Å². The standard InChI is InChI=1S/C16H12ClNO2/c17-14-8-4-3-7-13(14)16(19)20-18-15-10-9-11-5-1-2-6-12(11)15/h1-8H,9-10H2/b18-15-. The van der Waals surface area contributed by atoms with Crippen LogP contribution in [0.3, 0.4) is 0 Å². The molecule has 1 aliphatic carbocycles. The van der Waals surface area contributed by atoms with Gasteiger partial charge in [-0.3, -0.25) is 0 Å². The summed E-state index contributed by atoms with van der Waals surface area (Å²) < 4.78 is 0. The van der Waals surface area contributed by atoms with Crippen LogP contribution < -0.4 is 0 Å². The third-order valence-corrected chi connectivity index (χ3v) is 3.62. The molecule has 0 spiro atoms. The lowest BCUT2D eigenvalue weighted by atomic mass is 10.1. The molecule has 0 saturated carbocycles. The Morgan fingerprint density at radius 1 is 1.05 bits per heavy atom. The predicted octanol–water partition coefficient (Wildman–Crippen LogP) is 3.85. The van der Waals surface area contributed by atoms with E-state index in [1.54, 1.807) is 24.3 Å². The summed E-state index contributed by atoms with van der Waals surface area (Å²) in [5.41, 5.74) is 3.42. The van der Waals surface area contributed by atoms with Crippen LogP contribution in [0.15, 0.2) is 53.7 Å². The van der Waals surface area contributed by atoms with Crippen LogP contribution >= 0.6 is 11.6 Å². The van der Waals surface area contributed by atoms with Gasteiger partial charge in [-0.15, -0.1) is 0 Å². The molecule has 0 atom stereocenters. The van der Waals surface area contributed by atoms with Crippen molar-refractivity contribution in [3.63, 3.8) is 0 Å². The molecule has 4 heteroatoms. The van der Waals surface area contributed by atoms with Gasteiger partial charge < -0.3 is 4.84 Å². The fourth-order valence-corrected chi connectivity index (χ4v) is 2.49. The fraction of sp³-hybridized carbons (Fsp3) is 0.125. The van der Waals surface area contributed by atoms with Gasteiger partial charge in [0.25, 0.3) is 0 Å². The van der Waals surface area contributed by atoms with Gasteiger partial charge in [0.05, 0.1) is 16.3 Å². The quantitative estimate of drug-likeness (QED) is 0.621. The maximum absolute atomic E-state index is 11.9. The van der Waals surface area contributed by atoms with E-state index in [-0.39, 0.29) is 0 Å². The average Bonchev–Trinajstić information content (AvgIpc) is 2.88. The summed E-state index contributed by atoms with van der Waals surface area (Å²) in [4.78, 5) is 16.9. The summed E-state index contributed by atoms with van der Waals surface area (Å²) in [7, 11) is 0. The highest BCUT2D eigenvalue weighted by atomic mass is 35.5. The van der Waals surface area contributed by atoms with Crippen molar-refractivity contribution >= 4 is 23.3 Å². The van der Waals surface area contributed by atoms with Crippen LogP contribution in [-0.2, 0) is 11.3 Å². The SMILES string of the molecule is O=C(O/N=C1/CCc2ccccc21)c1ccccc1Cl. The normalized spacial score (nSPS) is 15.2. The minimum absolute atomic E-state index is 0.324. The highest BCUT2D eigenvalue weighted by molar-refractivity contribution is 6.33. The molecular formula is C16H12ClNO2. The van der Waals surface area contributed by atoms with E-state index >= 15 is 0 Å². The lowest BCUT2D eigenvalue weighted by Crippen LogP contribution is -2.04. The topological polar surface area (TPSA) is 38.7 Å². The molecule has 100 valence electrons. The van der Waals surface area contributed by atoms with Crippen molar-refractivity contribution in [3.8, 4) is 0 Å². The molecular weight excluding hydrogens is 274 g/mol. The molecule has 0 aromatic heterocycles. The molecule has 1 aliphatic rings. The molecule has 3 nitrogen and oxygen atoms in total. The van der Waals surface area contributed by atoms with Gasteiger partial charge in [-0.1, -0.05) is 53.2 Å². The van der Waals surface area contributed by atoms with E-state index in [2.05, 4.69) is 11.2 Å². The Hall–Kier alpha value is -2.13. The summed E-state index contributed by atoms with van der Waals surface area (Å²) in [6.45, 7) is 0. The molecule has 0 saturated heterocycles. The summed E-state index contributed by atoms with van der Waals surface area (Å²) in [5.74, 6) is -0.535. The molecule has 0 unspecified atom stereocenters. The second-order valence-corrected chi connectivity index (χ2v) is 4.96. The van der Waals surface area contributed by atoms with Crippen LogP contribution in [0.5, 0.6) is 0 Å². The number of rotatable bonds is 2. The number of carbonyl (C=O) groups is 1. The third-order valence-electron chi connectivity index (χ3n) is 3.29. The Balaban J connectivity index is 1.79. The van der Waals surface area contributed by atoms with Gasteiger partial charge in [0.1, 0.15) is 0 Å². The summed E-state index contributed by atoms with van der Waals surface area (Å²) in [6.07, 6.45) is 1.72. The van der Waals surface area contributed by atoms with Gasteiger partial charge in [0, 0.05) is 5.56 Å². The molecule has 3 rings (SSSR count). The second-order valence-electron chi connectivity index (χ2n) is 4.55. The molecule has 0 N–H and O–H groups in total. The first-order valence-corrected chi connectivity index (χ1v) is 6.74. The first-order chi connectivity index (χ1) is 9.75. The van der Waals surface area contributed by atoms with Gasteiger partial charge >= 0.3 is 5.97 Å². The highest BCUT2D eigenvalue weighted by Crippen LogP contribution is 2.22. The molecule has 0 heterocycles. The largest absolute Gasteiger partial charge is 0.367 e. The van der Waals surface area contributed by atoms with Crippen LogP contribution in [0, 0.1) is 0 Å². The summed E-state index contributed by atoms with van der Waals surface area (Å²) >= 11 is 5.95. The average molecular weight is 286 g/mol. The molecule has 20 heavy (non-hydrogen) atoms. The molecule has 0 radical (unpaired) electrons. The molecule has 0 aliphatic heterocycles. The van der Waals surface area contributed by atoms with Crippen molar-refractivity contribution in [2.24, 2.45) is 5.16 Å². The van der Waals surface area contributed by atoms with Crippen LogP contribution in [-0.4, -0.2) is 11.7 Å². The number of carbonyl (C=O) groups excluding carboxylic acids is 1. The predicted molar refractivity (Wildman–Crippen MR) is 78.2 cm³/mol. The first-order valence-electron chi connectivity index (χ1n) is 6.37. The van der Waals surface area contributed by atoms with E-state index < -0.39 is 5.97 Å². The zero-order valence-corrected chi connectivity index (χ0v) is 11.4. The van der Waals surface area contributed by atoms with E-state index in [4.69, 9.17) is 16.4 Å². The summed E-state index contributed by atoms with van der Waals surface area (Å²) in [5, 5.41) is 4.36. The number of hydrogen-bond donors (Lipinski definition) is 0. The minimum Gasteiger partial charge on any atom is -0.312 e. The van der Waals surface area contributed by atoms with Gasteiger partial charge in [-0.25, -0.2) is 4.79 Å². The van der Waals surface area contributed by atoms with Gasteiger partial charge in [-0.2, -0.15) is 0 Å². The first kappa shape index (κ1) is 12.9. The number of nitrogens with zero attached hydrogens (tertiary/aromatic N) is 1. The monoisotopic (exact) mass is 285 g/mol. The van der Waals surface area contributed by atoms with Crippen molar-refractivity contribution in [1.29, 1.82) is 0 Å². The van der Waals surface area contributed by atoms with E-state index in [9.17, 15) is 4.79 Å². The molecule has 0 amide bonds. The van der Waals surface area contributed by atoms with Crippen LogP contribution in [0.25, 0.3) is 0 Å². The van der Waals surface area contributed by atoms with E-state index in [1.165, 1.54) is 5.56 Å². The van der Waals surface area contributed by atoms with Crippen LogP contribution in [0.2, 0.25) is 5.02 Å². The van der Waals surface area contributed by atoms with Crippen molar-refractivity contribution in [2.75, 3.05) is 0 Å². The van der Waals surface area contributed by atoms with Gasteiger partial charge in [0.2, 0.25) is 0 Å². The smallest absolute Gasteiger partial charge is 0.312 e. The minimum atomic E-state index is -0.535. The maximum Gasteiger partial charge on any atom is 0.367 e. The Morgan fingerprint density at radius 3 is 2.65 bits per heavy atom. The number of aryl methyl sites for hydroxylation is 1. The third kappa shape index (κ3) is 2.45. The number of fused-ring (bicyclic) bond motifs is 1. The van der Waals surface area contributed by atoms with Gasteiger partial charge in [0.15, 0.2) is 0 Å². The molecule has 2 aromatic rings. The van der Waals surface area contributed by atoms with Crippen molar-refractivity contribution in [1.82, 2.24) is 0 Å². The van der Waals surface area contributed by atoms with Crippen molar-refractivity contribution in [2.45, 2.75) is 12.8 Å².